The van der Waals surface area contributed by atoms with Crippen molar-refractivity contribution in [3.8, 4) is 0 Å². The van der Waals surface area contributed by atoms with Gasteiger partial charge in [0.05, 0.1) is 5.69 Å². The zero-order valence-electron chi connectivity index (χ0n) is 17.1. The van der Waals surface area contributed by atoms with Crippen molar-refractivity contribution in [2.24, 2.45) is 0 Å². The molecule has 4 rings (SSSR count). The van der Waals surface area contributed by atoms with Crippen molar-refractivity contribution >= 4 is 33.8 Å². The van der Waals surface area contributed by atoms with Crippen LogP contribution in [-0.4, -0.2) is 23.1 Å². The molecule has 29 heavy (non-hydrogen) atoms. The molecule has 0 aliphatic heterocycles. The topological polar surface area (TPSA) is 67.1 Å². The molecule has 1 aromatic heterocycles. The van der Waals surface area contributed by atoms with Crippen molar-refractivity contribution in [1.82, 2.24) is 9.97 Å². The van der Waals surface area contributed by atoms with Gasteiger partial charge in [-0.2, -0.15) is 0 Å². The van der Waals surface area contributed by atoms with Gasteiger partial charge in [0.2, 0.25) is 0 Å². The fourth-order valence-corrected chi connectivity index (χ4v) is 4.09. The summed E-state index contributed by atoms with van der Waals surface area (Å²) in [5.74, 6) is 1.46. The lowest BCUT2D eigenvalue weighted by atomic mass is 9.97. The molecule has 0 unspecified atom stereocenters. The molecule has 0 amide bonds. The minimum atomic E-state index is 0.597. The number of hydrogen-bond acceptors (Lipinski definition) is 5. The van der Waals surface area contributed by atoms with Crippen LogP contribution < -0.4 is 16.0 Å². The van der Waals surface area contributed by atoms with E-state index in [4.69, 9.17) is 5.73 Å². The first kappa shape index (κ1) is 19.2. The lowest BCUT2D eigenvalue weighted by Crippen LogP contribution is -2.20. The van der Waals surface area contributed by atoms with E-state index < -0.39 is 0 Å². The number of anilines is 4. The number of nitrogens with two attached hydrogens (primary N) is 1. The van der Waals surface area contributed by atoms with Gasteiger partial charge in [-0.25, -0.2) is 9.97 Å². The maximum absolute atomic E-state index is 6.52. The standard InChI is InChI=1S/C24H29N5/c1-2-29(21-14-8-12-19-11-6-7-13-20(19)21)24-22(25)23(27-17-28-24)26-16-15-18-9-4-3-5-10-18/h6-9,11-14,17H,2-5,10,15-16,25H2,1H3,(H,26,27,28). The highest BCUT2D eigenvalue weighted by Crippen LogP contribution is 2.35. The van der Waals surface area contributed by atoms with Crippen molar-refractivity contribution in [1.29, 1.82) is 0 Å². The third kappa shape index (κ3) is 4.19. The molecular formula is C24H29N5. The molecule has 5 heteroatoms. The van der Waals surface area contributed by atoms with Gasteiger partial charge in [-0.1, -0.05) is 48.0 Å². The highest BCUT2D eigenvalue weighted by Gasteiger charge is 2.17. The van der Waals surface area contributed by atoms with E-state index in [1.807, 2.05) is 0 Å². The number of aromatic nitrogens is 2. The van der Waals surface area contributed by atoms with E-state index in [9.17, 15) is 0 Å². The molecule has 3 N–H and O–H groups in total. The van der Waals surface area contributed by atoms with Crippen LogP contribution in [0.2, 0.25) is 0 Å². The predicted molar refractivity (Wildman–Crippen MR) is 123 cm³/mol. The Kier molecular flexibility index (Phi) is 5.94. The summed E-state index contributed by atoms with van der Waals surface area (Å²) in [7, 11) is 0. The number of nitrogens with zero attached hydrogens (tertiary/aromatic N) is 3. The quantitative estimate of drug-likeness (QED) is 0.511. The van der Waals surface area contributed by atoms with Crippen molar-refractivity contribution in [2.75, 3.05) is 29.0 Å². The summed E-state index contributed by atoms with van der Waals surface area (Å²) in [4.78, 5) is 11.1. The van der Waals surface area contributed by atoms with Gasteiger partial charge in [0.25, 0.3) is 0 Å². The average molecular weight is 388 g/mol. The summed E-state index contributed by atoms with van der Waals surface area (Å²) >= 11 is 0. The third-order valence-corrected chi connectivity index (χ3v) is 5.62. The van der Waals surface area contributed by atoms with E-state index in [1.54, 1.807) is 11.9 Å². The molecule has 0 radical (unpaired) electrons. The second-order valence-corrected chi connectivity index (χ2v) is 7.49. The monoisotopic (exact) mass is 387 g/mol. The van der Waals surface area contributed by atoms with Crippen LogP contribution in [0.25, 0.3) is 10.8 Å². The van der Waals surface area contributed by atoms with Crippen LogP contribution in [0.4, 0.5) is 23.0 Å². The second kappa shape index (κ2) is 8.95. The summed E-state index contributed by atoms with van der Waals surface area (Å²) in [6.07, 6.45) is 10.1. The Morgan fingerprint density at radius 3 is 2.76 bits per heavy atom. The maximum atomic E-state index is 6.52. The Hall–Kier alpha value is -3.08. The predicted octanol–water partition coefficient (Wildman–Crippen LogP) is 5.67. The summed E-state index contributed by atoms with van der Waals surface area (Å²) in [6.45, 7) is 3.72. The van der Waals surface area contributed by atoms with Crippen molar-refractivity contribution < 1.29 is 0 Å². The van der Waals surface area contributed by atoms with E-state index in [1.165, 1.54) is 36.5 Å². The van der Waals surface area contributed by atoms with Crippen LogP contribution in [0, 0.1) is 0 Å². The van der Waals surface area contributed by atoms with Gasteiger partial charge >= 0.3 is 0 Å². The number of fused-ring (bicyclic) bond motifs is 1. The van der Waals surface area contributed by atoms with E-state index >= 15 is 0 Å². The minimum absolute atomic E-state index is 0.597. The molecule has 0 saturated heterocycles. The zero-order chi connectivity index (χ0) is 20.1. The summed E-state index contributed by atoms with van der Waals surface area (Å²) < 4.78 is 0. The summed E-state index contributed by atoms with van der Waals surface area (Å²) in [5, 5.41) is 5.82. The van der Waals surface area contributed by atoms with Gasteiger partial charge < -0.3 is 16.0 Å². The molecule has 1 aliphatic carbocycles. The molecule has 2 aromatic carbocycles. The van der Waals surface area contributed by atoms with Gasteiger partial charge in [-0.05, 0) is 50.5 Å². The van der Waals surface area contributed by atoms with Gasteiger partial charge in [0.15, 0.2) is 11.6 Å². The first-order valence-corrected chi connectivity index (χ1v) is 10.6. The van der Waals surface area contributed by atoms with Gasteiger partial charge in [0.1, 0.15) is 12.0 Å². The van der Waals surface area contributed by atoms with E-state index in [2.05, 4.69) is 75.6 Å². The fourth-order valence-electron chi connectivity index (χ4n) is 4.09. The van der Waals surface area contributed by atoms with Crippen LogP contribution in [0.3, 0.4) is 0 Å². The molecule has 0 spiro atoms. The SMILES string of the molecule is CCN(c1ncnc(NCCC2=CCCCC2)c1N)c1cccc2ccccc12. The summed E-state index contributed by atoms with van der Waals surface area (Å²) in [6, 6.07) is 14.7. The summed E-state index contributed by atoms with van der Waals surface area (Å²) in [5.41, 5.74) is 9.76. The third-order valence-electron chi connectivity index (χ3n) is 5.62. The van der Waals surface area contributed by atoms with Crippen LogP contribution >= 0.6 is 0 Å². The number of nitrogens with one attached hydrogen (secondary N) is 1. The van der Waals surface area contributed by atoms with Crippen molar-refractivity contribution in [3.05, 3.63) is 60.4 Å². The van der Waals surface area contributed by atoms with E-state index in [-0.39, 0.29) is 0 Å². The van der Waals surface area contributed by atoms with E-state index in [0.29, 0.717) is 11.5 Å². The molecule has 150 valence electrons. The molecule has 3 aromatic rings. The molecule has 0 atom stereocenters. The van der Waals surface area contributed by atoms with Crippen molar-refractivity contribution in [2.45, 2.75) is 39.0 Å². The molecular weight excluding hydrogens is 358 g/mol. The van der Waals surface area contributed by atoms with Gasteiger partial charge in [-0.15, -0.1) is 0 Å². The Morgan fingerprint density at radius 1 is 1.07 bits per heavy atom. The minimum Gasteiger partial charge on any atom is -0.393 e. The van der Waals surface area contributed by atoms with E-state index in [0.717, 1.165) is 31.0 Å². The number of allylic oxidation sites excluding steroid dienone is 1. The molecule has 5 nitrogen and oxygen atoms in total. The number of hydrogen-bond donors (Lipinski definition) is 2. The van der Waals surface area contributed by atoms with Gasteiger partial charge in [0, 0.05) is 18.5 Å². The lowest BCUT2D eigenvalue weighted by molar-refractivity contribution is 0.679. The highest BCUT2D eigenvalue weighted by atomic mass is 15.2. The van der Waals surface area contributed by atoms with Crippen LogP contribution in [0.15, 0.2) is 60.4 Å². The average Bonchev–Trinajstić information content (AvgIpc) is 2.77. The van der Waals surface area contributed by atoms with Crippen LogP contribution in [-0.2, 0) is 0 Å². The lowest BCUT2D eigenvalue weighted by Gasteiger charge is -2.25. The van der Waals surface area contributed by atoms with Crippen LogP contribution in [0.1, 0.15) is 39.0 Å². The highest BCUT2D eigenvalue weighted by molar-refractivity contribution is 5.97. The largest absolute Gasteiger partial charge is 0.393 e. The molecule has 0 saturated carbocycles. The zero-order valence-corrected chi connectivity index (χ0v) is 17.1. The van der Waals surface area contributed by atoms with Crippen molar-refractivity contribution in [3.63, 3.8) is 0 Å². The molecule has 1 heterocycles. The fraction of sp³-hybridized carbons (Fsp3) is 0.333. The van der Waals surface area contributed by atoms with Crippen LogP contribution in [0.5, 0.6) is 0 Å². The first-order valence-electron chi connectivity index (χ1n) is 10.6. The first-order chi connectivity index (χ1) is 14.3. The normalized spacial score (nSPS) is 13.9. The smallest absolute Gasteiger partial charge is 0.161 e. The molecule has 1 aliphatic rings. The maximum Gasteiger partial charge on any atom is 0.161 e. The second-order valence-electron chi connectivity index (χ2n) is 7.49. The number of rotatable bonds is 7. The molecule has 0 fully saturated rings. The Labute approximate surface area is 172 Å². The molecule has 0 bridgehead atoms. The number of nitrogen functional groups attached to an aromatic ring is 1. The Bertz CT molecular complexity index is 1010. The number of benzene rings is 2. The van der Waals surface area contributed by atoms with Gasteiger partial charge in [-0.3, -0.25) is 0 Å². The Balaban J connectivity index is 1.58. The Morgan fingerprint density at radius 2 is 1.93 bits per heavy atom.